The average molecular weight is 1360 g/mol. The molecule has 0 saturated heterocycles. The zero-order valence-corrected chi connectivity index (χ0v) is 59.1. The van der Waals surface area contributed by atoms with Crippen molar-refractivity contribution in [2.24, 2.45) is 0 Å². The lowest BCUT2D eigenvalue weighted by Crippen LogP contribution is -2.03. The van der Waals surface area contributed by atoms with Gasteiger partial charge in [0, 0.05) is 23.7 Å². The second-order valence-corrected chi connectivity index (χ2v) is 29.6. The maximum atomic E-state index is 2.55. The fraction of sp³-hybridized carbons (Fsp3) is 0.0467. The van der Waals surface area contributed by atoms with Crippen molar-refractivity contribution >= 4 is 0 Å². The van der Waals surface area contributed by atoms with E-state index in [4.69, 9.17) is 0 Å². The number of fused-ring (bicyclic) bond motifs is 15. The van der Waals surface area contributed by atoms with Crippen LogP contribution >= 0.6 is 0 Å². The van der Waals surface area contributed by atoms with E-state index in [9.17, 15) is 0 Å². The van der Waals surface area contributed by atoms with Crippen molar-refractivity contribution in [2.75, 3.05) is 0 Å². The first kappa shape index (κ1) is 62.3. The summed E-state index contributed by atoms with van der Waals surface area (Å²) >= 11 is 0. The Morgan fingerprint density at radius 3 is 0.850 bits per heavy atom. The molecule has 17 aromatic carbocycles. The molecule has 4 atom stereocenters. The van der Waals surface area contributed by atoms with Crippen LogP contribution in [0.15, 0.2) is 400 Å². The first-order valence-electron chi connectivity index (χ1n) is 37.8. The summed E-state index contributed by atoms with van der Waals surface area (Å²) in [4.78, 5) is 0. The Morgan fingerprint density at radius 2 is 0.411 bits per heavy atom. The van der Waals surface area contributed by atoms with E-state index >= 15 is 0 Å². The van der Waals surface area contributed by atoms with Crippen molar-refractivity contribution in [3.05, 3.63) is 478 Å². The van der Waals surface area contributed by atoms with Gasteiger partial charge >= 0.3 is 0 Å². The van der Waals surface area contributed by atoms with Gasteiger partial charge in [-0.05, 0) is 249 Å². The average Bonchev–Trinajstić information content (AvgIpc) is 1.57. The van der Waals surface area contributed by atoms with E-state index in [0.29, 0.717) is 0 Å². The Morgan fingerprint density at radius 1 is 0.140 bits per heavy atom. The molecule has 107 heavy (non-hydrogen) atoms. The summed E-state index contributed by atoms with van der Waals surface area (Å²) in [6, 6.07) is 149. The van der Waals surface area contributed by atoms with Gasteiger partial charge in [-0.3, -0.25) is 0 Å². The van der Waals surface area contributed by atoms with Gasteiger partial charge in [-0.2, -0.15) is 0 Å². The van der Waals surface area contributed by atoms with Crippen LogP contribution in [0.4, 0.5) is 0 Å². The van der Waals surface area contributed by atoms with Crippen LogP contribution in [-0.2, 0) is 6.42 Å². The van der Waals surface area contributed by atoms with Gasteiger partial charge in [0.1, 0.15) is 0 Å². The fourth-order valence-electron chi connectivity index (χ4n) is 18.9. The zero-order valence-electron chi connectivity index (χ0n) is 59.1. The SMILES string of the molecule is c1ccc(-c2cc(-c3ccccc3)cc(-c3cccc(-c4cccc(C5c6ccccc6-c6cc7c(cc65)C(c5ccccc5)c5ccccc5-7)c4)c3)c2)cc1.c1ccc(C2c3ccccc3-c3cc4c(cc32)C(c2cccc(-c3cccc(-c5cccc6c5Cc5ccccc5-6)c3)c2)c2ccccc2-4)cc1. The van der Waals surface area contributed by atoms with E-state index in [0.717, 1.165) is 6.42 Å². The Labute approximate surface area is 626 Å². The van der Waals surface area contributed by atoms with E-state index in [1.54, 1.807) is 0 Å². The van der Waals surface area contributed by atoms with Crippen molar-refractivity contribution < 1.29 is 0 Å². The second kappa shape index (κ2) is 25.9. The van der Waals surface area contributed by atoms with Crippen molar-refractivity contribution in [1.29, 1.82) is 0 Å². The predicted octanol–water partition coefficient (Wildman–Crippen LogP) is 27.6. The highest BCUT2D eigenvalue weighted by molar-refractivity contribution is 5.94. The molecule has 0 amide bonds. The molecule has 500 valence electrons. The summed E-state index contributed by atoms with van der Waals surface area (Å²) in [6.07, 6.45) is 0.988. The summed E-state index contributed by atoms with van der Waals surface area (Å²) in [5, 5.41) is 0. The van der Waals surface area contributed by atoms with Gasteiger partial charge in [0.05, 0.1) is 0 Å². The second-order valence-electron chi connectivity index (χ2n) is 29.6. The van der Waals surface area contributed by atoms with E-state index < -0.39 is 0 Å². The fourth-order valence-corrected chi connectivity index (χ4v) is 18.9. The third-order valence-electron chi connectivity index (χ3n) is 23.7. The van der Waals surface area contributed by atoms with Crippen LogP contribution in [0, 0.1) is 0 Å². The molecule has 0 heterocycles. The quantitative estimate of drug-likeness (QED) is 0.128. The van der Waals surface area contributed by atoms with Gasteiger partial charge in [0.25, 0.3) is 0 Å². The molecule has 0 N–H and O–H groups in total. The summed E-state index contributed by atoms with van der Waals surface area (Å²) in [5.41, 5.74) is 47.9. The minimum Gasteiger partial charge on any atom is -0.0622 e. The molecule has 0 aromatic heterocycles. The minimum atomic E-state index is 0.144. The molecule has 0 bridgehead atoms. The molecular formula is C107H72. The molecule has 0 saturated carbocycles. The molecule has 22 rings (SSSR count). The van der Waals surface area contributed by atoms with Crippen LogP contribution in [0.25, 0.3) is 122 Å². The Balaban J connectivity index is 0.000000138. The molecule has 17 aromatic rings. The van der Waals surface area contributed by atoms with Crippen LogP contribution in [0.3, 0.4) is 0 Å². The van der Waals surface area contributed by atoms with E-state index in [1.165, 1.54) is 200 Å². The van der Waals surface area contributed by atoms with Crippen LogP contribution < -0.4 is 0 Å². The van der Waals surface area contributed by atoms with Gasteiger partial charge in [-0.15, -0.1) is 0 Å². The van der Waals surface area contributed by atoms with Gasteiger partial charge < -0.3 is 0 Å². The first-order chi connectivity index (χ1) is 53.1. The first-order valence-corrected chi connectivity index (χ1v) is 37.8. The molecular weight excluding hydrogens is 1290 g/mol. The van der Waals surface area contributed by atoms with E-state index in [-0.39, 0.29) is 23.7 Å². The molecule has 0 aliphatic heterocycles. The molecule has 5 aliphatic carbocycles. The Bertz CT molecular complexity index is 6300. The molecule has 5 aliphatic rings. The molecule has 0 heteroatoms. The third-order valence-corrected chi connectivity index (χ3v) is 23.7. The lowest BCUT2D eigenvalue weighted by Gasteiger charge is -2.19. The van der Waals surface area contributed by atoms with Gasteiger partial charge in [0.15, 0.2) is 0 Å². The van der Waals surface area contributed by atoms with Gasteiger partial charge in [0.2, 0.25) is 0 Å². The third kappa shape index (κ3) is 10.7. The summed E-state index contributed by atoms with van der Waals surface area (Å²) < 4.78 is 0. The number of benzene rings is 17. The molecule has 0 radical (unpaired) electrons. The normalized spacial score (nSPS) is 15.3. The van der Waals surface area contributed by atoms with Crippen molar-refractivity contribution in [3.63, 3.8) is 0 Å². The van der Waals surface area contributed by atoms with Crippen molar-refractivity contribution in [2.45, 2.75) is 30.1 Å². The largest absolute Gasteiger partial charge is 0.0622 e. The summed E-state index contributed by atoms with van der Waals surface area (Å²) in [7, 11) is 0. The Hall–Kier alpha value is -13.3. The number of hydrogen-bond acceptors (Lipinski definition) is 0. The van der Waals surface area contributed by atoms with Crippen LogP contribution in [0.1, 0.15) is 102 Å². The standard InChI is InChI=1S/C56H38.C51H34/c1-4-16-37(17-5-1)44-32-45(38-18-6-2-7-19-38)34-46(33-44)42-24-14-22-40(30-42)41-23-15-25-43(31-41)56-50-29-13-11-27-48(50)52-35-51-47-26-10-12-28-49(47)55(53(51)36-54(52)56)39-20-8-3-9-21-39;1-2-13-32(14-3-1)50-43-23-8-6-21-41(43)46-30-47-42-22-7-9-24-44(42)51(49(47)31-48(46)50)37-19-11-17-34(28-37)33-16-10-18-35(27-33)39-25-12-26-40-38-20-5-4-15-36(38)29-45(39)40/h1-36,55-56H;1-28,30-31,50-51H,29H2. The van der Waals surface area contributed by atoms with Crippen LogP contribution in [0.2, 0.25) is 0 Å². The topological polar surface area (TPSA) is 0 Å². The molecule has 0 spiro atoms. The Kier molecular flexibility index (Phi) is 15.1. The van der Waals surface area contributed by atoms with E-state index in [1.807, 2.05) is 0 Å². The maximum Gasteiger partial charge on any atom is 0.0352 e. The van der Waals surface area contributed by atoms with Crippen molar-refractivity contribution in [1.82, 2.24) is 0 Å². The lowest BCUT2D eigenvalue weighted by atomic mass is 9.84. The molecule has 0 fully saturated rings. The van der Waals surface area contributed by atoms with Gasteiger partial charge in [-0.1, -0.05) is 358 Å². The highest BCUT2D eigenvalue weighted by Crippen LogP contribution is 2.58. The van der Waals surface area contributed by atoms with Crippen molar-refractivity contribution in [3.8, 4) is 122 Å². The highest BCUT2D eigenvalue weighted by atomic mass is 14.4. The summed E-state index contributed by atoms with van der Waals surface area (Å²) in [6.45, 7) is 0. The molecule has 0 nitrogen and oxygen atoms in total. The number of rotatable bonds is 10. The minimum absolute atomic E-state index is 0.144. The molecule has 4 unspecified atom stereocenters. The maximum absolute atomic E-state index is 2.55. The highest BCUT2D eigenvalue weighted by Gasteiger charge is 2.39. The van der Waals surface area contributed by atoms with Gasteiger partial charge in [-0.25, -0.2) is 0 Å². The summed E-state index contributed by atoms with van der Waals surface area (Å²) in [5.74, 6) is 0.758. The monoisotopic (exact) mass is 1360 g/mol. The van der Waals surface area contributed by atoms with E-state index in [2.05, 4.69) is 400 Å². The van der Waals surface area contributed by atoms with Crippen LogP contribution in [0.5, 0.6) is 0 Å². The van der Waals surface area contributed by atoms with Crippen LogP contribution in [-0.4, -0.2) is 0 Å². The zero-order chi connectivity index (χ0) is 70.5. The smallest absolute Gasteiger partial charge is 0.0352 e. The number of hydrogen-bond donors (Lipinski definition) is 0. The lowest BCUT2D eigenvalue weighted by molar-refractivity contribution is 0.982. The predicted molar refractivity (Wildman–Crippen MR) is 445 cm³/mol.